The van der Waals surface area contributed by atoms with Crippen molar-refractivity contribution in [1.82, 2.24) is 14.3 Å². The maximum Gasteiger partial charge on any atom is 0.244 e. The Kier molecular flexibility index (Phi) is 4.06. The molecule has 4 rings (SSSR count). The highest BCUT2D eigenvalue weighted by Crippen LogP contribution is 2.35. The summed E-state index contributed by atoms with van der Waals surface area (Å²) < 4.78 is 28.0. The average molecular weight is 409 g/mol. The fraction of sp³-hybridized carbons (Fsp3) is 0.375. The molecule has 0 aromatic carbocycles. The molecule has 2 saturated heterocycles. The minimum absolute atomic E-state index is 0.274. The summed E-state index contributed by atoms with van der Waals surface area (Å²) in [6.45, 7) is 2.82. The second-order valence-corrected chi connectivity index (χ2v) is 9.12. The Morgan fingerprint density at radius 2 is 1.79 bits per heavy atom. The van der Waals surface area contributed by atoms with Crippen LogP contribution in [0, 0.1) is 11.8 Å². The first-order valence-corrected chi connectivity index (χ1v) is 10.0. The van der Waals surface area contributed by atoms with Gasteiger partial charge >= 0.3 is 0 Å². The zero-order chi connectivity index (χ0) is 16.7. The lowest BCUT2D eigenvalue weighted by molar-refractivity contribution is 0.453. The molecular weight excluding hydrogens is 392 g/mol. The molecule has 8 heteroatoms. The first-order chi connectivity index (χ1) is 11.5. The Morgan fingerprint density at radius 1 is 1.04 bits per heavy atom. The third-order valence-electron chi connectivity index (χ3n) is 4.76. The number of sulfonamides is 1. The number of hydrogen-bond donors (Lipinski definition) is 0. The molecular formula is C16H17BrN4O2S. The number of rotatable bonds is 3. The van der Waals surface area contributed by atoms with Crippen LogP contribution in [0.25, 0.3) is 0 Å². The van der Waals surface area contributed by atoms with E-state index in [-0.39, 0.29) is 4.90 Å². The van der Waals surface area contributed by atoms with Crippen molar-refractivity contribution in [1.29, 1.82) is 0 Å². The van der Waals surface area contributed by atoms with E-state index in [1.807, 2.05) is 12.1 Å². The number of anilines is 1. The molecule has 2 fully saturated rings. The summed E-state index contributed by atoms with van der Waals surface area (Å²) in [4.78, 5) is 10.9. The number of nitrogens with zero attached hydrogens (tertiary/aromatic N) is 4. The molecule has 6 nitrogen and oxygen atoms in total. The van der Waals surface area contributed by atoms with Gasteiger partial charge in [0.2, 0.25) is 10.0 Å². The predicted molar refractivity (Wildman–Crippen MR) is 94.1 cm³/mol. The van der Waals surface area contributed by atoms with E-state index in [4.69, 9.17) is 0 Å². The Balaban J connectivity index is 1.47. The lowest BCUT2D eigenvalue weighted by Crippen LogP contribution is -2.33. The molecule has 2 atom stereocenters. The molecule has 0 bridgehead atoms. The van der Waals surface area contributed by atoms with E-state index in [0.29, 0.717) is 24.9 Å². The van der Waals surface area contributed by atoms with Crippen molar-refractivity contribution in [2.45, 2.75) is 4.90 Å². The van der Waals surface area contributed by atoms with Gasteiger partial charge in [0.1, 0.15) is 10.7 Å². The van der Waals surface area contributed by atoms with Crippen molar-refractivity contribution in [2.75, 3.05) is 31.1 Å². The summed E-state index contributed by atoms with van der Waals surface area (Å²) in [5, 5.41) is 0. The Hall–Kier alpha value is -1.51. The first-order valence-electron chi connectivity index (χ1n) is 7.81. The van der Waals surface area contributed by atoms with Crippen molar-refractivity contribution >= 4 is 31.8 Å². The molecule has 0 amide bonds. The van der Waals surface area contributed by atoms with Gasteiger partial charge in [-0.1, -0.05) is 0 Å². The molecule has 126 valence electrons. The van der Waals surface area contributed by atoms with Crippen LogP contribution in [0.15, 0.2) is 52.2 Å². The standard InChI is InChI=1S/C16H17BrN4O2S/c17-14-3-4-16(19-6-14)20-8-12-10-21(11-13(12)9-20)24(22,23)15-2-1-5-18-7-15/h1-7,12-13H,8-11H2. The van der Waals surface area contributed by atoms with E-state index in [1.54, 1.807) is 28.8 Å². The van der Waals surface area contributed by atoms with Gasteiger partial charge in [-0.2, -0.15) is 4.31 Å². The molecule has 2 aliphatic rings. The van der Waals surface area contributed by atoms with Crippen LogP contribution in [-0.4, -0.2) is 48.9 Å². The summed E-state index contributed by atoms with van der Waals surface area (Å²) in [6.07, 6.45) is 4.80. The maximum atomic E-state index is 12.7. The fourth-order valence-electron chi connectivity index (χ4n) is 3.54. The average Bonchev–Trinajstić information content (AvgIpc) is 3.16. The molecule has 0 aliphatic carbocycles. The van der Waals surface area contributed by atoms with Gasteiger partial charge in [-0.15, -0.1) is 0 Å². The maximum absolute atomic E-state index is 12.7. The predicted octanol–water partition coefficient (Wildman–Crippen LogP) is 2.00. The normalized spacial score (nSPS) is 24.3. The number of hydrogen-bond acceptors (Lipinski definition) is 5. The van der Waals surface area contributed by atoms with Crippen molar-refractivity contribution in [3.05, 3.63) is 47.3 Å². The van der Waals surface area contributed by atoms with Gasteiger partial charge in [0.15, 0.2) is 0 Å². The van der Waals surface area contributed by atoms with Crippen LogP contribution in [0.5, 0.6) is 0 Å². The number of pyridine rings is 2. The molecule has 0 spiro atoms. The Labute approximate surface area is 149 Å². The van der Waals surface area contributed by atoms with Crippen LogP contribution < -0.4 is 4.90 Å². The van der Waals surface area contributed by atoms with Gasteiger partial charge in [-0.05, 0) is 52.0 Å². The Bertz CT molecular complexity index is 815. The van der Waals surface area contributed by atoms with Crippen molar-refractivity contribution in [3.63, 3.8) is 0 Å². The summed E-state index contributed by atoms with van der Waals surface area (Å²) in [7, 11) is -3.44. The van der Waals surface area contributed by atoms with E-state index in [9.17, 15) is 8.42 Å². The van der Waals surface area contributed by atoms with Gasteiger partial charge in [0.05, 0.1) is 0 Å². The van der Waals surface area contributed by atoms with Crippen LogP contribution in [0.4, 0.5) is 5.82 Å². The lowest BCUT2D eigenvalue weighted by Gasteiger charge is -2.22. The molecule has 2 aromatic rings. The highest BCUT2D eigenvalue weighted by atomic mass is 79.9. The zero-order valence-corrected chi connectivity index (χ0v) is 15.3. The van der Waals surface area contributed by atoms with E-state index in [2.05, 4.69) is 30.8 Å². The summed E-state index contributed by atoms with van der Waals surface area (Å²) in [5.41, 5.74) is 0. The molecule has 0 N–H and O–H groups in total. The third kappa shape index (κ3) is 2.82. The summed E-state index contributed by atoms with van der Waals surface area (Å²) in [6, 6.07) is 7.24. The van der Waals surface area contributed by atoms with Gasteiger partial charge < -0.3 is 4.90 Å². The monoisotopic (exact) mass is 408 g/mol. The van der Waals surface area contributed by atoms with E-state index in [1.165, 1.54) is 6.20 Å². The molecule has 24 heavy (non-hydrogen) atoms. The number of fused-ring (bicyclic) bond motifs is 1. The molecule has 2 aromatic heterocycles. The largest absolute Gasteiger partial charge is 0.356 e. The number of halogens is 1. The van der Waals surface area contributed by atoms with Gasteiger partial charge in [-0.25, -0.2) is 13.4 Å². The van der Waals surface area contributed by atoms with Crippen LogP contribution in [-0.2, 0) is 10.0 Å². The van der Waals surface area contributed by atoms with Gasteiger partial charge in [0.25, 0.3) is 0 Å². The van der Waals surface area contributed by atoms with Crippen molar-refractivity contribution in [2.24, 2.45) is 11.8 Å². The second-order valence-electron chi connectivity index (χ2n) is 6.27. The smallest absolute Gasteiger partial charge is 0.244 e. The SMILES string of the molecule is O=S(=O)(c1cccnc1)N1CC2CN(c3ccc(Br)cn3)CC2C1. The minimum atomic E-state index is -3.44. The summed E-state index contributed by atoms with van der Waals surface area (Å²) >= 11 is 3.39. The quantitative estimate of drug-likeness (QED) is 0.776. The van der Waals surface area contributed by atoms with Crippen molar-refractivity contribution in [3.8, 4) is 0 Å². The highest BCUT2D eigenvalue weighted by Gasteiger charge is 2.44. The molecule has 0 radical (unpaired) electrons. The lowest BCUT2D eigenvalue weighted by atomic mass is 10.0. The first kappa shape index (κ1) is 16.0. The van der Waals surface area contributed by atoms with Crippen molar-refractivity contribution < 1.29 is 8.42 Å². The van der Waals surface area contributed by atoms with Gasteiger partial charge in [0, 0.05) is 49.2 Å². The van der Waals surface area contributed by atoms with Gasteiger partial charge in [-0.3, -0.25) is 4.98 Å². The van der Waals surface area contributed by atoms with E-state index < -0.39 is 10.0 Å². The van der Waals surface area contributed by atoms with Crippen LogP contribution in [0.1, 0.15) is 0 Å². The van der Waals surface area contributed by atoms with Crippen LogP contribution in [0.3, 0.4) is 0 Å². The van der Waals surface area contributed by atoms with E-state index >= 15 is 0 Å². The van der Waals surface area contributed by atoms with E-state index in [0.717, 1.165) is 23.4 Å². The third-order valence-corrected chi connectivity index (χ3v) is 7.04. The molecule has 4 heterocycles. The Morgan fingerprint density at radius 3 is 2.38 bits per heavy atom. The summed E-state index contributed by atoms with van der Waals surface area (Å²) in [5.74, 6) is 1.65. The minimum Gasteiger partial charge on any atom is -0.356 e. The molecule has 2 aliphatic heterocycles. The molecule has 0 saturated carbocycles. The second kappa shape index (κ2) is 6.09. The highest BCUT2D eigenvalue weighted by molar-refractivity contribution is 9.10. The zero-order valence-electron chi connectivity index (χ0n) is 12.9. The topological polar surface area (TPSA) is 66.4 Å². The fourth-order valence-corrected chi connectivity index (χ4v) is 5.29. The molecule has 2 unspecified atom stereocenters. The number of aromatic nitrogens is 2. The van der Waals surface area contributed by atoms with Crippen LogP contribution in [0.2, 0.25) is 0 Å². The van der Waals surface area contributed by atoms with Crippen LogP contribution >= 0.6 is 15.9 Å².